The van der Waals surface area contributed by atoms with Crippen molar-refractivity contribution in [2.45, 2.75) is 13.8 Å². The molecule has 4 aromatic rings. The lowest BCUT2D eigenvalue weighted by Gasteiger charge is -2.07. The molecule has 0 amide bonds. The Bertz CT molecular complexity index is 1350. The number of rotatable bonds is 6. The lowest BCUT2D eigenvalue weighted by atomic mass is 10.0. The Balaban J connectivity index is 2.14. The average molecular weight is 494 g/mol. The third-order valence-electron chi connectivity index (χ3n) is 5.11. The van der Waals surface area contributed by atoms with Gasteiger partial charge < -0.3 is 13.9 Å². The number of halogens is 1. The number of ketones is 1. The van der Waals surface area contributed by atoms with E-state index in [1.807, 2.05) is 30.3 Å². The maximum absolute atomic E-state index is 13.6. The second-order valence-corrected chi connectivity index (χ2v) is 7.91. The van der Waals surface area contributed by atoms with Gasteiger partial charge in [0.15, 0.2) is 0 Å². The van der Waals surface area contributed by atoms with Crippen LogP contribution in [0.15, 0.2) is 65.3 Å². The smallest absolute Gasteiger partial charge is 0.341 e. The van der Waals surface area contributed by atoms with E-state index in [-0.39, 0.29) is 30.0 Å². The summed E-state index contributed by atoms with van der Waals surface area (Å²) in [6, 6.07) is 16.1. The Morgan fingerprint density at radius 3 is 2.12 bits per heavy atom. The summed E-state index contributed by atoms with van der Waals surface area (Å²) in [5.41, 5.74) is 0.818. The van der Waals surface area contributed by atoms with Gasteiger partial charge in [-0.15, -0.1) is 0 Å². The standard InChI is InChI=1S/C25H20BrNO5/c1-3-31-24(29)19-20(25(30)32-4-2)22(23(28)16-9-11-17(26)12-10-16)27-14-13-15-7-5-6-8-18(15)21(19)27/h5-14H,3-4H2,1-2H3. The molecule has 0 saturated carbocycles. The minimum absolute atomic E-state index is 0.0301. The van der Waals surface area contributed by atoms with Crippen LogP contribution in [0.3, 0.4) is 0 Å². The van der Waals surface area contributed by atoms with Crippen LogP contribution in [0.2, 0.25) is 0 Å². The van der Waals surface area contributed by atoms with Crippen molar-refractivity contribution in [3.63, 3.8) is 0 Å². The lowest BCUT2D eigenvalue weighted by molar-refractivity contribution is 0.0480. The molecule has 0 N–H and O–H groups in total. The molecule has 2 aromatic heterocycles. The first kappa shape index (κ1) is 21.8. The minimum atomic E-state index is -0.746. The van der Waals surface area contributed by atoms with Crippen LogP contribution < -0.4 is 0 Å². The Hall–Kier alpha value is -3.45. The highest BCUT2D eigenvalue weighted by atomic mass is 79.9. The number of benzene rings is 2. The first-order chi connectivity index (χ1) is 15.5. The molecule has 0 fully saturated rings. The largest absolute Gasteiger partial charge is 0.462 e. The van der Waals surface area contributed by atoms with E-state index in [2.05, 4.69) is 15.9 Å². The quantitative estimate of drug-likeness (QED) is 0.264. The zero-order chi connectivity index (χ0) is 22.8. The number of hydrogen-bond donors (Lipinski definition) is 0. The van der Waals surface area contributed by atoms with E-state index in [1.54, 1.807) is 48.7 Å². The molecule has 0 aliphatic rings. The number of fused-ring (bicyclic) bond motifs is 3. The van der Waals surface area contributed by atoms with Gasteiger partial charge in [0, 0.05) is 21.6 Å². The van der Waals surface area contributed by atoms with Gasteiger partial charge >= 0.3 is 11.9 Å². The van der Waals surface area contributed by atoms with Gasteiger partial charge in [-0.05, 0) is 49.6 Å². The van der Waals surface area contributed by atoms with Gasteiger partial charge in [0.1, 0.15) is 16.8 Å². The number of carbonyl (C=O) groups excluding carboxylic acids is 3. The highest BCUT2D eigenvalue weighted by Crippen LogP contribution is 2.33. The normalized spacial score (nSPS) is 11.0. The van der Waals surface area contributed by atoms with Crippen LogP contribution >= 0.6 is 15.9 Å². The summed E-state index contributed by atoms with van der Waals surface area (Å²) < 4.78 is 13.0. The Labute approximate surface area is 192 Å². The highest BCUT2D eigenvalue weighted by Gasteiger charge is 2.34. The molecule has 0 saturated heterocycles. The fraction of sp³-hybridized carbons (Fsp3) is 0.160. The van der Waals surface area contributed by atoms with Gasteiger partial charge in [0.05, 0.1) is 18.7 Å². The van der Waals surface area contributed by atoms with Crippen LogP contribution in [0.1, 0.15) is 50.6 Å². The molecule has 0 radical (unpaired) electrons. The third kappa shape index (κ3) is 3.69. The maximum atomic E-state index is 13.6. The summed E-state index contributed by atoms with van der Waals surface area (Å²) in [5.74, 6) is -1.83. The Morgan fingerprint density at radius 2 is 1.47 bits per heavy atom. The first-order valence-corrected chi connectivity index (χ1v) is 11.0. The van der Waals surface area contributed by atoms with Crippen molar-refractivity contribution in [2.24, 2.45) is 0 Å². The second kappa shape index (κ2) is 8.96. The molecule has 6 nitrogen and oxygen atoms in total. The van der Waals surface area contributed by atoms with Crippen molar-refractivity contribution >= 4 is 49.9 Å². The molecule has 0 bridgehead atoms. The molecule has 2 aromatic carbocycles. The van der Waals surface area contributed by atoms with Crippen LogP contribution in [0.25, 0.3) is 16.3 Å². The molecule has 0 atom stereocenters. The van der Waals surface area contributed by atoms with Gasteiger partial charge in [-0.2, -0.15) is 0 Å². The topological polar surface area (TPSA) is 74.1 Å². The third-order valence-corrected chi connectivity index (χ3v) is 5.63. The molecule has 0 aliphatic heterocycles. The molecular formula is C25H20BrNO5. The van der Waals surface area contributed by atoms with Crippen molar-refractivity contribution in [3.8, 4) is 0 Å². The molecule has 0 spiro atoms. The summed E-state index contributed by atoms with van der Waals surface area (Å²) in [4.78, 5) is 39.8. The Morgan fingerprint density at radius 1 is 0.844 bits per heavy atom. The predicted octanol–water partition coefficient (Wildman–Crippen LogP) is 5.44. The van der Waals surface area contributed by atoms with E-state index in [0.717, 1.165) is 15.2 Å². The van der Waals surface area contributed by atoms with Crippen molar-refractivity contribution < 1.29 is 23.9 Å². The van der Waals surface area contributed by atoms with Crippen LogP contribution in [-0.2, 0) is 9.47 Å². The number of nitrogens with zero attached hydrogens (tertiary/aromatic N) is 1. The molecule has 4 rings (SSSR count). The fourth-order valence-corrected chi connectivity index (χ4v) is 4.05. The van der Waals surface area contributed by atoms with Crippen LogP contribution in [0, 0.1) is 0 Å². The summed E-state index contributed by atoms with van der Waals surface area (Å²) >= 11 is 3.36. The lowest BCUT2D eigenvalue weighted by Crippen LogP contribution is -2.16. The van der Waals surface area contributed by atoms with E-state index in [1.165, 1.54) is 0 Å². The van der Waals surface area contributed by atoms with Gasteiger partial charge in [0.2, 0.25) is 5.78 Å². The second-order valence-electron chi connectivity index (χ2n) is 7.00. The van der Waals surface area contributed by atoms with Crippen LogP contribution in [0.4, 0.5) is 0 Å². The summed E-state index contributed by atoms with van der Waals surface area (Å²) in [6.07, 6.45) is 1.69. The van der Waals surface area contributed by atoms with Gasteiger partial charge in [0.25, 0.3) is 0 Å². The van der Waals surface area contributed by atoms with E-state index >= 15 is 0 Å². The molecule has 7 heteroatoms. The highest BCUT2D eigenvalue weighted by molar-refractivity contribution is 9.10. The fourth-order valence-electron chi connectivity index (χ4n) is 3.78. The van der Waals surface area contributed by atoms with Crippen molar-refractivity contribution in [2.75, 3.05) is 13.2 Å². The summed E-state index contributed by atoms with van der Waals surface area (Å²) in [7, 11) is 0. The molecule has 32 heavy (non-hydrogen) atoms. The number of aromatic nitrogens is 1. The van der Waals surface area contributed by atoms with Crippen LogP contribution in [-0.4, -0.2) is 35.3 Å². The predicted molar refractivity (Wildman–Crippen MR) is 124 cm³/mol. The van der Waals surface area contributed by atoms with E-state index < -0.39 is 17.7 Å². The van der Waals surface area contributed by atoms with Crippen molar-refractivity contribution in [1.29, 1.82) is 0 Å². The van der Waals surface area contributed by atoms with E-state index in [4.69, 9.17) is 9.47 Å². The number of carbonyl (C=O) groups is 3. The number of esters is 2. The monoisotopic (exact) mass is 493 g/mol. The molecule has 2 heterocycles. The number of pyridine rings is 1. The number of ether oxygens (including phenoxy) is 2. The summed E-state index contributed by atoms with van der Waals surface area (Å²) in [6.45, 7) is 3.58. The molecular weight excluding hydrogens is 474 g/mol. The average Bonchev–Trinajstić information content (AvgIpc) is 3.15. The van der Waals surface area contributed by atoms with Crippen molar-refractivity contribution in [3.05, 3.63) is 87.7 Å². The zero-order valence-corrected chi connectivity index (χ0v) is 19.1. The van der Waals surface area contributed by atoms with Gasteiger partial charge in [-0.1, -0.05) is 40.2 Å². The van der Waals surface area contributed by atoms with Crippen LogP contribution in [0.5, 0.6) is 0 Å². The van der Waals surface area contributed by atoms with E-state index in [0.29, 0.717) is 11.1 Å². The zero-order valence-electron chi connectivity index (χ0n) is 17.6. The van der Waals surface area contributed by atoms with Gasteiger partial charge in [-0.25, -0.2) is 9.59 Å². The SMILES string of the molecule is CCOC(=O)c1c(C(=O)OCC)c2c3ccccc3ccn2c1C(=O)c1ccc(Br)cc1. The Kier molecular flexibility index (Phi) is 6.10. The first-order valence-electron chi connectivity index (χ1n) is 10.2. The van der Waals surface area contributed by atoms with E-state index in [9.17, 15) is 14.4 Å². The number of hydrogen-bond acceptors (Lipinski definition) is 5. The van der Waals surface area contributed by atoms with Gasteiger partial charge in [-0.3, -0.25) is 4.79 Å². The van der Waals surface area contributed by atoms with Crippen molar-refractivity contribution in [1.82, 2.24) is 4.40 Å². The molecule has 162 valence electrons. The molecule has 0 unspecified atom stereocenters. The summed E-state index contributed by atoms with van der Waals surface area (Å²) in [5, 5.41) is 1.58. The maximum Gasteiger partial charge on any atom is 0.341 e. The molecule has 0 aliphatic carbocycles. The minimum Gasteiger partial charge on any atom is -0.462 e.